The molecule has 0 aromatic carbocycles. The standard InChI is InChI=1S/C26H46/c1-3-5-21-7-11-23(12-8-21)25-15-18-26(19-16-25,20-17-25)24-13-9-22(6-4-2)10-14-24/h21-24H,3-20H2,1-2H3/t21-,22-,23-,24-,25?,26?. The molecule has 0 spiro atoms. The Morgan fingerprint density at radius 1 is 0.500 bits per heavy atom. The Labute approximate surface area is 164 Å². The van der Waals surface area contributed by atoms with Gasteiger partial charge in [0.2, 0.25) is 0 Å². The molecule has 2 bridgehead atoms. The van der Waals surface area contributed by atoms with Crippen molar-refractivity contribution in [1.29, 1.82) is 0 Å². The fourth-order valence-corrected chi connectivity index (χ4v) is 8.41. The first-order valence-electron chi connectivity index (χ1n) is 12.7. The van der Waals surface area contributed by atoms with Crippen molar-refractivity contribution >= 4 is 0 Å². The normalized spacial score (nSPS) is 46.4. The highest BCUT2D eigenvalue weighted by molar-refractivity contribution is 5.05. The van der Waals surface area contributed by atoms with Crippen molar-refractivity contribution in [2.24, 2.45) is 34.5 Å². The van der Waals surface area contributed by atoms with Gasteiger partial charge in [0.05, 0.1) is 0 Å². The SMILES string of the molecule is CCC[C@H]1CC[C@H](C23CCC([C@H]4CC[C@H](CCC)CC4)(CC2)CC3)CC1. The topological polar surface area (TPSA) is 0 Å². The van der Waals surface area contributed by atoms with E-state index < -0.39 is 0 Å². The summed E-state index contributed by atoms with van der Waals surface area (Å²) in [5, 5.41) is 0. The summed E-state index contributed by atoms with van der Waals surface area (Å²) in [4.78, 5) is 0. The molecule has 150 valence electrons. The molecule has 0 heteroatoms. The lowest BCUT2D eigenvalue weighted by atomic mass is 9.45. The molecule has 0 aromatic heterocycles. The van der Waals surface area contributed by atoms with Crippen LogP contribution in [0, 0.1) is 34.5 Å². The van der Waals surface area contributed by atoms with Gasteiger partial charge in [-0.3, -0.25) is 0 Å². The highest BCUT2D eigenvalue weighted by Crippen LogP contribution is 2.66. The molecular formula is C26H46. The maximum Gasteiger partial charge on any atom is -0.0269 e. The Morgan fingerprint density at radius 3 is 1.08 bits per heavy atom. The van der Waals surface area contributed by atoms with Crippen LogP contribution in [0.15, 0.2) is 0 Å². The largest absolute Gasteiger partial charge is 0.0654 e. The lowest BCUT2D eigenvalue weighted by molar-refractivity contribution is -0.0959. The fraction of sp³-hybridized carbons (Fsp3) is 1.00. The van der Waals surface area contributed by atoms with E-state index in [0.29, 0.717) is 0 Å². The summed E-state index contributed by atoms with van der Waals surface area (Å²) in [5.41, 5.74) is 1.61. The van der Waals surface area contributed by atoms with Crippen LogP contribution in [-0.2, 0) is 0 Å². The second kappa shape index (κ2) is 8.16. The van der Waals surface area contributed by atoms with Crippen LogP contribution in [0.2, 0.25) is 0 Å². The Kier molecular flexibility index (Phi) is 6.07. The summed E-state index contributed by atoms with van der Waals surface area (Å²) in [6.45, 7) is 4.75. The molecule has 5 saturated carbocycles. The van der Waals surface area contributed by atoms with E-state index >= 15 is 0 Å². The van der Waals surface area contributed by atoms with Gasteiger partial charge in [0.15, 0.2) is 0 Å². The predicted molar refractivity (Wildman–Crippen MR) is 113 cm³/mol. The molecule has 0 unspecified atom stereocenters. The lowest BCUT2D eigenvalue weighted by Gasteiger charge is -2.60. The second-order valence-corrected chi connectivity index (χ2v) is 11.2. The number of rotatable bonds is 6. The first-order chi connectivity index (χ1) is 12.7. The van der Waals surface area contributed by atoms with Gasteiger partial charge >= 0.3 is 0 Å². The van der Waals surface area contributed by atoms with Crippen molar-refractivity contribution in [2.45, 2.75) is 129 Å². The maximum atomic E-state index is 2.38. The van der Waals surface area contributed by atoms with E-state index in [0.717, 1.165) is 34.5 Å². The van der Waals surface area contributed by atoms with E-state index in [1.807, 2.05) is 0 Å². The fourth-order valence-electron chi connectivity index (χ4n) is 8.41. The molecule has 0 amide bonds. The van der Waals surface area contributed by atoms with E-state index in [2.05, 4.69) is 13.8 Å². The Bertz CT molecular complexity index is 366. The zero-order chi connectivity index (χ0) is 18.0. The summed E-state index contributed by atoms with van der Waals surface area (Å²) >= 11 is 0. The highest BCUT2D eigenvalue weighted by Gasteiger charge is 2.54. The molecule has 0 atom stereocenters. The first kappa shape index (κ1) is 19.3. The molecule has 0 radical (unpaired) electrons. The molecule has 0 aliphatic heterocycles. The maximum absolute atomic E-state index is 2.38. The minimum atomic E-state index is 0.804. The highest BCUT2D eigenvalue weighted by atomic mass is 14.6. The third kappa shape index (κ3) is 3.65. The van der Waals surface area contributed by atoms with Crippen LogP contribution in [0.5, 0.6) is 0 Å². The zero-order valence-electron chi connectivity index (χ0n) is 18.0. The zero-order valence-corrected chi connectivity index (χ0v) is 18.0. The third-order valence-corrected chi connectivity index (χ3v) is 10.2. The van der Waals surface area contributed by atoms with E-state index in [1.165, 1.54) is 25.7 Å². The number of fused-ring (bicyclic) bond motifs is 3. The van der Waals surface area contributed by atoms with Crippen LogP contribution < -0.4 is 0 Å². The first-order valence-corrected chi connectivity index (χ1v) is 12.7. The summed E-state index contributed by atoms with van der Waals surface area (Å²) in [6, 6.07) is 0. The van der Waals surface area contributed by atoms with Crippen LogP contribution in [0.3, 0.4) is 0 Å². The van der Waals surface area contributed by atoms with Crippen molar-refractivity contribution < 1.29 is 0 Å². The quantitative estimate of drug-likeness (QED) is 0.446. The Hall–Kier alpha value is 0. The molecule has 0 heterocycles. The minimum absolute atomic E-state index is 0.804. The summed E-state index contributed by atoms with van der Waals surface area (Å²) in [7, 11) is 0. The number of hydrogen-bond donors (Lipinski definition) is 0. The van der Waals surface area contributed by atoms with Gasteiger partial charge in [-0.15, -0.1) is 0 Å². The monoisotopic (exact) mass is 358 g/mol. The average molecular weight is 359 g/mol. The van der Waals surface area contributed by atoms with E-state index in [9.17, 15) is 0 Å². The molecule has 5 aliphatic rings. The van der Waals surface area contributed by atoms with Gasteiger partial charge in [-0.2, -0.15) is 0 Å². The van der Waals surface area contributed by atoms with Gasteiger partial charge < -0.3 is 0 Å². The number of hydrogen-bond acceptors (Lipinski definition) is 0. The van der Waals surface area contributed by atoms with E-state index in [-0.39, 0.29) is 0 Å². The molecule has 0 saturated heterocycles. The van der Waals surface area contributed by atoms with Gasteiger partial charge in [-0.25, -0.2) is 0 Å². The molecule has 5 aliphatic carbocycles. The molecular weight excluding hydrogens is 312 g/mol. The summed E-state index contributed by atoms with van der Waals surface area (Å²) in [6.07, 6.45) is 28.1. The minimum Gasteiger partial charge on any atom is -0.0654 e. The van der Waals surface area contributed by atoms with Crippen LogP contribution in [0.25, 0.3) is 0 Å². The van der Waals surface area contributed by atoms with Crippen molar-refractivity contribution in [1.82, 2.24) is 0 Å². The van der Waals surface area contributed by atoms with Crippen LogP contribution in [0.4, 0.5) is 0 Å². The molecule has 5 fully saturated rings. The summed E-state index contributed by atoms with van der Waals surface area (Å²) < 4.78 is 0. The second-order valence-electron chi connectivity index (χ2n) is 11.2. The van der Waals surface area contributed by atoms with Crippen molar-refractivity contribution in [3.8, 4) is 0 Å². The Morgan fingerprint density at radius 2 is 0.808 bits per heavy atom. The van der Waals surface area contributed by atoms with Gasteiger partial charge in [0.25, 0.3) is 0 Å². The van der Waals surface area contributed by atoms with Crippen LogP contribution >= 0.6 is 0 Å². The average Bonchev–Trinajstić information content (AvgIpc) is 2.71. The van der Waals surface area contributed by atoms with Gasteiger partial charge in [0.1, 0.15) is 0 Å². The van der Waals surface area contributed by atoms with E-state index in [4.69, 9.17) is 0 Å². The van der Waals surface area contributed by atoms with E-state index in [1.54, 1.807) is 89.9 Å². The van der Waals surface area contributed by atoms with Crippen LogP contribution in [0.1, 0.15) is 129 Å². The third-order valence-electron chi connectivity index (χ3n) is 10.2. The van der Waals surface area contributed by atoms with Crippen molar-refractivity contribution in [3.63, 3.8) is 0 Å². The molecule has 0 nitrogen and oxygen atoms in total. The summed E-state index contributed by atoms with van der Waals surface area (Å²) in [5.74, 6) is 4.37. The van der Waals surface area contributed by atoms with Crippen LogP contribution in [-0.4, -0.2) is 0 Å². The van der Waals surface area contributed by atoms with Crippen molar-refractivity contribution in [3.05, 3.63) is 0 Å². The molecule has 5 rings (SSSR count). The Balaban J connectivity index is 1.31. The predicted octanol–water partition coefficient (Wildman–Crippen LogP) is 8.54. The van der Waals surface area contributed by atoms with Gasteiger partial charge in [0, 0.05) is 0 Å². The van der Waals surface area contributed by atoms with Gasteiger partial charge in [-0.1, -0.05) is 65.2 Å². The lowest BCUT2D eigenvalue weighted by Crippen LogP contribution is -2.49. The van der Waals surface area contributed by atoms with Crippen molar-refractivity contribution in [2.75, 3.05) is 0 Å². The smallest absolute Gasteiger partial charge is 0.0269 e. The van der Waals surface area contributed by atoms with Gasteiger partial charge in [-0.05, 0) is 98.7 Å². The molecule has 0 N–H and O–H groups in total. The molecule has 0 aromatic rings. The molecule has 26 heavy (non-hydrogen) atoms.